The van der Waals surface area contributed by atoms with Gasteiger partial charge >= 0.3 is 0 Å². The van der Waals surface area contributed by atoms with E-state index in [0.717, 1.165) is 35.8 Å². The Morgan fingerprint density at radius 1 is 1.07 bits per heavy atom. The summed E-state index contributed by atoms with van der Waals surface area (Å²) in [5.41, 5.74) is 3.56. The van der Waals surface area contributed by atoms with Crippen LogP contribution in [0.4, 0.5) is 0 Å². The number of amides is 1. The lowest BCUT2D eigenvalue weighted by atomic mass is 10.1. The van der Waals surface area contributed by atoms with Crippen molar-refractivity contribution in [1.29, 1.82) is 0 Å². The molecule has 1 aliphatic rings. The van der Waals surface area contributed by atoms with Crippen molar-refractivity contribution in [3.05, 3.63) is 76.4 Å². The van der Waals surface area contributed by atoms with E-state index in [0.29, 0.717) is 24.5 Å². The number of rotatable bonds is 4. The lowest BCUT2D eigenvalue weighted by Gasteiger charge is -2.34. The van der Waals surface area contributed by atoms with Crippen LogP contribution in [0.1, 0.15) is 21.6 Å². The lowest BCUT2D eigenvalue weighted by molar-refractivity contribution is 0.0618. The Morgan fingerprint density at radius 2 is 1.79 bits per heavy atom. The predicted octanol–water partition coefficient (Wildman–Crippen LogP) is 4.26. The van der Waals surface area contributed by atoms with Gasteiger partial charge in [-0.15, -0.1) is 0 Å². The number of piperazine rings is 1. The van der Waals surface area contributed by atoms with Crippen LogP contribution in [0.15, 0.2) is 59.1 Å². The van der Waals surface area contributed by atoms with Crippen LogP contribution in [-0.2, 0) is 6.54 Å². The van der Waals surface area contributed by atoms with Crippen molar-refractivity contribution >= 4 is 17.5 Å². The van der Waals surface area contributed by atoms with E-state index >= 15 is 0 Å². The molecule has 1 amide bonds. The molecule has 144 valence electrons. The molecular weight excluding hydrogens is 374 g/mol. The Morgan fingerprint density at radius 3 is 2.50 bits per heavy atom. The van der Waals surface area contributed by atoms with Crippen molar-refractivity contribution in [1.82, 2.24) is 15.0 Å². The molecule has 2 aromatic carbocycles. The predicted molar refractivity (Wildman–Crippen MR) is 109 cm³/mol. The van der Waals surface area contributed by atoms with Crippen LogP contribution in [0.5, 0.6) is 0 Å². The van der Waals surface area contributed by atoms with Gasteiger partial charge in [-0.05, 0) is 18.6 Å². The van der Waals surface area contributed by atoms with Gasteiger partial charge in [0.15, 0.2) is 11.5 Å². The summed E-state index contributed by atoms with van der Waals surface area (Å²) in [7, 11) is 0. The van der Waals surface area contributed by atoms with Crippen LogP contribution >= 0.6 is 11.6 Å². The normalized spacial score (nSPS) is 15.0. The first kappa shape index (κ1) is 18.7. The molecule has 0 N–H and O–H groups in total. The van der Waals surface area contributed by atoms with Gasteiger partial charge in [0.1, 0.15) is 0 Å². The summed E-state index contributed by atoms with van der Waals surface area (Å²) in [6, 6.07) is 17.6. The molecule has 6 heteroatoms. The van der Waals surface area contributed by atoms with E-state index in [9.17, 15) is 4.79 Å². The van der Waals surface area contributed by atoms with E-state index in [2.05, 4.69) is 10.1 Å². The summed E-state index contributed by atoms with van der Waals surface area (Å²) < 4.78 is 5.39. The molecule has 0 radical (unpaired) electrons. The molecule has 3 aromatic rings. The highest BCUT2D eigenvalue weighted by atomic mass is 35.5. The number of hydrogen-bond acceptors (Lipinski definition) is 4. The van der Waals surface area contributed by atoms with E-state index in [-0.39, 0.29) is 5.91 Å². The molecule has 1 aromatic heterocycles. The number of aromatic nitrogens is 1. The second-order valence-corrected chi connectivity index (χ2v) is 7.51. The fourth-order valence-corrected chi connectivity index (χ4v) is 3.56. The average molecular weight is 396 g/mol. The molecule has 28 heavy (non-hydrogen) atoms. The number of hydrogen-bond donors (Lipinski definition) is 0. The molecular formula is C22H22ClN3O2. The summed E-state index contributed by atoms with van der Waals surface area (Å²) >= 11 is 6.25. The minimum Gasteiger partial charge on any atom is -0.355 e. The van der Waals surface area contributed by atoms with Gasteiger partial charge in [-0.3, -0.25) is 9.69 Å². The Balaban J connectivity index is 1.36. The summed E-state index contributed by atoms with van der Waals surface area (Å²) in [5, 5.41) is 4.78. The molecule has 0 unspecified atom stereocenters. The number of nitrogens with zero attached hydrogens (tertiary/aromatic N) is 3. The summed E-state index contributed by atoms with van der Waals surface area (Å²) in [5.74, 6) is 0.528. The zero-order valence-corrected chi connectivity index (χ0v) is 16.5. The van der Waals surface area contributed by atoms with Crippen LogP contribution in [-0.4, -0.2) is 47.0 Å². The molecule has 2 heterocycles. The zero-order valence-electron chi connectivity index (χ0n) is 15.8. The number of aryl methyl sites for hydroxylation is 1. The van der Waals surface area contributed by atoms with Crippen molar-refractivity contribution in [3.63, 3.8) is 0 Å². The third-order valence-electron chi connectivity index (χ3n) is 5.08. The second kappa shape index (κ2) is 8.17. The smallest absolute Gasteiger partial charge is 0.276 e. The molecule has 0 saturated carbocycles. The van der Waals surface area contributed by atoms with Crippen LogP contribution < -0.4 is 0 Å². The van der Waals surface area contributed by atoms with Crippen LogP contribution in [0.3, 0.4) is 0 Å². The fourth-order valence-electron chi connectivity index (χ4n) is 3.37. The molecule has 0 aliphatic carbocycles. The van der Waals surface area contributed by atoms with Crippen molar-refractivity contribution < 1.29 is 9.32 Å². The summed E-state index contributed by atoms with van der Waals surface area (Å²) in [6.07, 6.45) is 0. The van der Waals surface area contributed by atoms with Gasteiger partial charge in [0, 0.05) is 49.4 Å². The Bertz CT molecular complexity index is 960. The molecule has 0 spiro atoms. The van der Waals surface area contributed by atoms with Crippen molar-refractivity contribution in [3.8, 4) is 11.3 Å². The average Bonchev–Trinajstić information content (AvgIpc) is 3.20. The number of carbonyl (C=O) groups excluding carboxylic acids is 1. The van der Waals surface area contributed by atoms with Gasteiger partial charge in [-0.1, -0.05) is 64.8 Å². The minimum absolute atomic E-state index is 0.0838. The van der Waals surface area contributed by atoms with Crippen LogP contribution in [0.2, 0.25) is 5.02 Å². The first-order valence-corrected chi connectivity index (χ1v) is 9.77. The van der Waals surface area contributed by atoms with E-state index in [1.54, 1.807) is 6.07 Å². The van der Waals surface area contributed by atoms with E-state index in [1.807, 2.05) is 60.4 Å². The van der Waals surface area contributed by atoms with Crippen molar-refractivity contribution in [2.75, 3.05) is 26.2 Å². The summed E-state index contributed by atoms with van der Waals surface area (Å²) in [4.78, 5) is 16.9. The highest BCUT2D eigenvalue weighted by Crippen LogP contribution is 2.22. The Hall–Kier alpha value is -2.63. The molecule has 1 saturated heterocycles. The molecule has 1 aliphatic heterocycles. The van der Waals surface area contributed by atoms with Gasteiger partial charge in [0.05, 0.1) is 0 Å². The third kappa shape index (κ3) is 4.11. The second-order valence-electron chi connectivity index (χ2n) is 7.10. The Labute approximate surface area is 169 Å². The van der Waals surface area contributed by atoms with Gasteiger partial charge in [-0.2, -0.15) is 0 Å². The molecule has 0 atom stereocenters. The molecule has 4 rings (SSSR count). The molecule has 1 fully saturated rings. The topological polar surface area (TPSA) is 49.6 Å². The van der Waals surface area contributed by atoms with Gasteiger partial charge < -0.3 is 9.42 Å². The van der Waals surface area contributed by atoms with E-state index in [1.165, 1.54) is 5.56 Å². The largest absolute Gasteiger partial charge is 0.355 e. The minimum atomic E-state index is -0.0838. The number of carbonyl (C=O) groups is 1. The maximum absolute atomic E-state index is 12.8. The van der Waals surface area contributed by atoms with Gasteiger partial charge in [-0.25, -0.2) is 0 Å². The van der Waals surface area contributed by atoms with Crippen LogP contribution in [0.25, 0.3) is 11.3 Å². The SMILES string of the molecule is Cc1ccc(-c2cc(C(=O)N3CCN(Cc4ccccc4Cl)CC3)no2)cc1. The fraction of sp³-hybridized carbons (Fsp3) is 0.273. The maximum Gasteiger partial charge on any atom is 0.276 e. The first-order chi connectivity index (χ1) is 13.6. The summed E-state index contributed by atoms with van der Waals surface area (Å²) in [6.45, 7) is 5.76. The number of benzene rings is 2. The van der Waals surface area contributed by atoms with E-state index < -0.39 is 0 Å². The highest BCUT2D eigenvalue weighted by molar-refractivity contribution is 6.31. The zero-order chi connectivity index (χ0) is 19.5. The van der Waals surface area contributed by atoms with Crippen LogP contribution in [0, 0.1) is 6.92 Å². The molecule has 5 nitrogen and oxygen atoms in total. The third-order valence-corrected chi connectivity index (χ3v) is 5.45. The van der Waals surface area contributed by atoms with Gasteiger partial charge in [0.25, 0.3) is 5.91 Å². The molecule has 0 bridgehead atoms. The maximum atomic E-state index is 12.8. The highest BCUT2D eigenvalue weighted by Gasteiger charge is 2.25. The first-order valence-electron chi connectivity index (χ1n) is 9.39. The lowest BCUT2D eigenvalue weighted by Crippen LogP contribution is -2.48. The van der Waals surface area contributed by atoms with Crippen molar-refractivity contribution in [2.24, 2.45) is 0 Å². The standard InChI is InChI=1S/C22H22ClN3O2/c1-16-6-8-17(9-7-16)21-14-20(24-28-21)22(27)26-12-10-25(11-13-26)15-18-4-2-3-5-19(18)23/h2-9,14H,10-13,15H2,1H3. The van der Waals surface area contributed by atoms with Gasteiger partial charge in [0.2, 0.25) is 0 Å². The number of halogens is 1. The van der Waals surface area contributed by atoms with E-state index in [4.69, 9.17) is 16.1 Å². The Kier molecular flexibility index (Phi) is 5.46. The quantitative estimate of drug-likeness (QED) is 0.662. The van der Waals surface area contributed by atoms with Crippen molar-refractivity contribution in [2.45, 2.75) is 13.5 Å². The monoisotopic (exact) mass is 395 g/mol.